The monoisotopic (exact) mass is 429 g/mol. The molecule has 0 spiro atoms. The molecule has 0 atom stereocenters. The predicted octanol–water partition coefficient (Wildman–Crippen LogP) is 5.36. The highest BCUT2D eigenvalue weighted by molar-refractivity contribution is 9.10. The van der Waals surface area contributed by atoms with E-state index in [1.807, 2.05) is 36.4 Å². The first-order valence-electron chi connectivity index (χ1n) is 8.66. The third-order valence-corrected chi connectivity index (χ3v) is 4.59. The standard InChI is InChI=1S/C22H24BrNO3/c1-15(2)4-12-20-16(3)5-8-18(9-13-21(25)24-26)22(20)27-14-17-6-10-19(23)11-7-17/h4-11,13,26H,12,14H2,1-3H3,(H,24,25)/b13-9-. The van der Waals surface area contributed by atoms with Gasteiger partial charge < -0.3 is 4.74 Å². The molecule has 5 heteroatoms. The molecule has 1 amide bonds. The van der Waals surface area contributed by atoms with E-state index in [1.54, 1.807) is 11.6 Å². The molecule has 0 saturated carbocycles. The van der Waals surface area contributed by atoms with E-state index in [-0.39, 0.29) is 0 Å². The average molecular weight is 430 g/mol. The fourth-order valence-corrected chi connectivity index (χ4v) is 2.81. The summed E-state index contributed by atoms with van der Waals surface area (Å²) in [6.45, 7) is 6.60. The van der Waals surface area contributed by atoms with Gasteiger partial charge in [-0.15, -0.1) is 0 Å². The topological polar surface area (TPSA) is 58.6 Å². The van der Waals surface area contributed by atoms with Crippen molar-refractivity contribution < 1.29 is 14.7 Å². The number of carbonyl (C=O) groups excluding carboxylic acids is 1. The molecule has 142 valence electrons. The number of allylic oxidation sites excluding steroid dienone is 2. The molecule has 2 N–H and O–H groups in total. The minimum atomic E-state index is -0.583. The number of amides is 1. The van der Waals surface area contributed by atoms with Gasteiger partial charge in [-0.3, -0.25) is 10.0 Å². The van der Waals surface area contributed by atoms with Crippen LogP contribution in [0.25, 0.3) is 6.08 Å². The maximum absolute atomic E-state index is 11.4. The summed E-state index contributed by atoms with van der Waals surface area (Å²) in [4.78, 5) is 11.4. The summed E-state index contributed by atoms with van der Waals surface area (Å²) < 4.78 is 7.20. The number of aryl methyl sites for hydroxylation is 1. The highest BCUT2D eigenvalue weighted by Gasteiger charge is 2.12. The van der Waals surface area contributed by atoms with Crippen LogP contribution in [0, 0.1) is 6.92 Å². The fourth-order valence-electron chi connectivity index (χ4n) is 2.54. The largest absolute Gasteiger partial charge is 0.488 e. The molecular formula is C22H24BrNO3. The van der Waals surface area contributed by atoms with Crippen LogP contribution in [0.3, 0.4) is 0 Å². The van der Waals surface area contributed by atoms with E-state index >= 15 is 0 Å². The number of rotatable bonds is 7. The lowest BCUT2D eigenvalue weighted by Gasteiger charge is -2.16. The summed E-state index contributed by atoms with van der Waals surface area (Å²) in [5.41, 5.74) is 6.89. The lowest BCUT2D eigenvalue weighted by atomic mass is 9.99. The Balaban J connectivity index is 2.39. The number of benzene rings is 2. The van der Waals surface area contributed by atoms with E-state index in [0.29, 0.717) is 6.61 Å². The Labute approximate surface area is 168 Å². The normalized spacial score (nSPS) is 10.7. The first-order valence-corrected chi connectivity index (χ1v) is 9.45. The van der Waals surface area contributed by atoms with E-state index in [2.05, 4.69) is 42.8 Å². The SMILES string of the molecule is CC(C)=CCc1c(C)ccc(/C=C\C(=O)NO)c1OCc1ccc(Br)cc1. The number of hydroxylamine groups is 1. The van der Waals surface area contributed by atoms with Gasteiger partial charge in [0.2, 0.25) is 0 Å². The number of halogens is 1. The van der Waals surface area contributed by atoms with Crippen LogP contribution in [0.4, 0.5) is 0 Å². The number of ether oxygens (including phenoxy) is 1. The molecule has 2 rings (SSSR count). The lowest BCUT2D eigenvalue weighted by Crippen LogP contribution is -2.14. The second-order valence-electron chi connectivity index (χ2n) is 6.49. The van der Waals surface area contributed by atoms with Crippen molar-refractivity contribution in [2.45, 2.75) is 33.8 Å². The molecule has 0 bridgehead atoms. The second kappa shape index (κ2) is 10.1. The van der Waals surface area contributed by atoms with Gasteiger partial charge in [-0.1, -0.05) is 51.8 Å². The Morgan fingerprint density at radius 1 is 1.19 bits per heavy atom. The Kier molecular flexibility index (Phi) is 7.82. The van der Waals surface area contributed by atoms with Crippen molar-refractivity contribution in [2.75, 3.05) is 0 Å². The maximum atomic E-state index is 11.4. The van der Waals surface area contributed by atoms with Crippen molar-refractivity contribution in [3.63, 3.8) is 0 Å². The van der Waals surface area contributed by atoms with Crippen molar-refractivity contribution in [1.82, 2.24) is 5.48 Å². The van der Waals surface area contributed by atoms with Crippen molar-refractivity contribution in [3.05, 3.63) is 80.8 Å². The van der Waals surface area contributed by atoms with Crippen molar-refractivity contribution in [1.29, 1.82) is 0 Å². The minimum absolute atomic E-state index is 0.422. The van der Waals surface area contributed by atoms with E-state index in [9.17, 15) is 4.79 Å². The van der Waals surface area contributed by atoms with Gasteiger partial charge in [-0.25, -0.2) is 5.48 Å². The van der Waals surface area contributed by atoms with Crippen molar-refractivity contribution in [2.24, 2.45) is 0 Å². The Hall–Kier alpha value is -2.37. The molecular weight excluding hydrogens is 406 g/mol. The minimum Gasteiger partial charge on any atom is -0.488 e. The van der Waals surface area contributed by atoms with Gasteiger partial charge in [0.15, 0.2) is 0 Å². The van der Waals surface area contributed by atoms with Gasteiger partial charge in [-0.05, 0) is 56.5 Å². The third kappa shape index (κ3) is 6.38. The van der Waals surface area contributed by atoms with Crippen molar-refractivity contribution >= 4 is 27.9 Å². The molecule has 2 aromatic rings. The number of carbonyl (C=O) groups is 1. The summed E-state index contributed by atoms with van der Waals surface area (Å²) in [7, 11) is 0. The van der Waals surface area contributed by atoms with E-state index in [0.717, 1.165) is 38.9 Å². The third-order valence-electron chi connectivity index (χ3n) is 4.06. The molecule has 0 aliphatic heterocycles. The van der Waals surface area contributed by atoms with E-state index in [4.69, 9.17) is 9.94 Å². The summed E-state index contributed by atoms with van der Waals surface area (Å²) >= 11 is 3.43. The van der Waals surface area contributed by atoms with Gasteiger partial charge in [0.05, 0.1) is 0 Å². The second-order valence-corrected chi connectivity index (χ2v) is 7.41. The maximum Gasteiger partial charge on any atom is 0.267 e. The zero-order chi connectivity index (χ0) is 19.8. The average Bonchev–Trinajstić information content (AvgIpc) is 2.65. The first-order chi connectivity index (χ1) is 12.9. The molecule has 0 aromatic heterocycles. The quantitative estimate of drug-likeness (QED) is 0.269. The van der Waals surface area contributed by atoms with Gasteiger partial charge >= 0.3 is 0 Å². The van der Waals surface area contributed by atoms with E-state index < -0.39 is 5.91 Å². The molecule has 0 unspecified atom stereocenters. The van der Waals surface area contributed by atoms with Crippen LogP contribution in [0.5, 0.6) is 5.75 Å². The van der Waals surface area contributed by atoms with Crippen LogP contribution < -0.4 is 10.2 Å². The van der Waals surface area contributed by atoms with Crippen LogP contribution >= 0.6 is 15.9 Å². The molecule has 0 radical (unpaired) electrons. The molecule has 0 fully saturated rings. The number of hydrogen-bond donors (Lipinski definition) is 2. The van der Waals surface area contributed by atoms with Gasteiger partial charge in [0.1, 0.15) is 12.4 Å². The van der Waals surface area contributed by atoms with Gasteiger partial charge in [-0.2, -0.15) is 0 Å². The highest BCUT2D eigenvalue weighted by atomic mass is 79.9. The zero-order valence-electron chi connectivity index (χ0n) is 15.8. The summed E-state index contributed by atoms with van der Waals surface area (Å²) in [6.07, 6.45) is 5.83. The van der Waals surface area contributed by atoms with Crippen LogP contribution in [-0.2, 0) is 17.8 Å². The van der Waals surface area contributed by atoms with Crippen LogP contribution in [0.15, 0.2) is 58.6 Å². The van der Waals surface area contributed by atoms with Gasteiger partial charge in [0.25, 0.3) is 5.91 Å². The molecule has 27 heavy (non-hydrogen) atoms. The lowest BCUT2D eigenvalue weighted by molar-refractivity contribution is -0.124. The number of nitrogens with one attached hydrogen (secondary N) is 1. The molecule has 2 aromatic carbocycles. The highest BCUT2D eigenvalue weighted by Crippen LogP contribution is 2.30. The van der Waals surface area contributed by atoms with Crippen LogP contribution in [-0.4, -0.2) is 11.1 Å². The molecule has 4 nitrogen and oxygen atoms in total. The number of hydrogen-bond acceptors (Lipinski definition) is 3. The van der Waals surface area contributed by atoms with Gasteiger partial charge in [0, 0.05) is 21.7 Å². The zero-order valence-corrected chi connectivity index (χ0v) is 17.3. The molecule has 0 heterocycles. The van der Waals surface area contributed by atoms with Crippen LogP contribution in [0.1, 0.15) is 36.1 Å². The fraction of sp³-hybridized carbons (Fsp3) is 0.227. The molecule has 0 saturated heterocycles. The summed E-state index contributed by atoms with van der Waals surface area (Å²) in [6, 6.07) is 11.9. The first kappa shape index (κ1) is 20.9. The smallest absolute Gasteiger partial charge is 0.267 e. The van der Waals surface area contributed by atoms with Crippen molar-refractivity contribution in [3.8, 4) is 5.75 Å². The summed E-state index contributed by atoms with van der Waals surface area (Å²) in [5.74, 6) is 0.165. The Bertz CT molecular complexity index is 851. The Morgan fingerprint density at radius 3 is 2.52 bits per heavy atom. The Morgan fingerprint density at radius 2 is 1.89 bits per heavy atom. The molecule has 0 aliphatic carbocycles. The molecule has 0 aliphatic rings. The van der Waals surface area contributed by atoms with E-state index in [1.165, 1.54) is 11.6 Å². The summed E-state index contributed by atoms with van der Waals surface area (Å²) in [5, 5.41) is 8.71. The predicted molar refractivity (Wildman–Crippen MR) is 112 cm³/mol. The van der Waals surface area contributed by atoms with Crippen LogP contribution in [0.2, 0.25) is 0 Å².